The number of aromatic nitrogens is 1. The zero-order valence-electron chi connectivity index (χ0n) is 39.7. The van der Waals surface area contributed by atoms with Gasteiger partial charge in [-0.2, -0.15) is 0 Å². The minimum absolute atomic E-state index is 0.0513. The summed E-state index contributed by atoms with van der Waals surface area (Å²) in [7, 11) is 2.57. The van der Waals surface area contributed by atoms with Gasteiger partial charge in [0.25, 0.3) is 0 Å². The van der Waals surface area contributed by atoms with Crippen molar-refractivity contribution in [3.05, 3.63) is 154 Å². The quantitative estimate of drug-likeness (QED) is 0.176. The van der Waals surface area contributed by atoms with Crippen LogP contribution in [0.4, 0.5) is 11.4 Å². The van der Waals surface area contributed by atoms with Gasteiger partial charge >= 0.3 is 0 Å². The van der Waals surface area contributed by atoms with Crippen LogP contribution in [0.3, 0.4) is 0 Å². The van der Waals surface area contributed by atoms with E-state index in [4.69, 9.17) is 4.42 Å². The molecule has 7 aromatic carbocycles. The zero-order valence-corrected chi connectivity index (χ0v) is 39.7. The number of anilines is 2. The van der Waals surface area contributed by atoms with Crippen molar-refractivity contribution in [2.24, 2.45) is 0 Å². The first-order valence-electron chi connectivity index (χ1n) is 24.1. The number of rotatable bonds is 2. The molecular weight excluding hydrogens is 787 g/mol. The van der Waals surface area contributed by atoms with Gasteiger partial charge in [0.1, 0.15) is 11.2 Å². The number of allylic oxidation sites excluding steroid dienone is 1. The number of H-pyrrole nitrogens is 1. The van der Waals surface area contributed by atoms with E-state index in [0.29, 0.717) is 0 Å². The Morgan fingerprint density at radius 1 is 0.538 bits per heavy atom. The Hall–Kier alpha value is -6.00. The Morgan fingerprint density at radius 2 is 1.18 bits per heavy atom. The number of fused-ring (bicyclic) bond motifs is 13. The van der Waals surface area contributed by atoms with Crippen LogP contribution < -0.4 is 10.4 Å². The van der Waals surface area contributed by atoms with Crippen molar-refractivity contribution in [2.75, 3.05) is 4.90 Å². The summed E-state index contributed by atoms with van der Waals surface area (Å²) in [6.45, 7) is 24.6. The molecule has 1 N–H and O–H groups in total. The largest absolute Gasteiger partial charge is 0.455 e. The van der Waals surface area contributed by atoms with Gasteiger partial charge in [-0.3, -0.25) is 0 Å². The van der Waals surface area contributed by atoms with Gasteiger partial charge in [0.2, 0.25) is 0 Å². The second-order valence-electron chi connectivity index (χ2n) is 23.3. The summed E-state index contributed by atoms with van der Waals surface area (Å²) < 4.78 is 7.13. The molecule has 3 nitrogen and oxygen atoms in total. The van der Waals surface area contributed by atoms with Crippen molar-refractivity contribution < 1.29 is 4.42 Å². The first-order valence-corrected chi connectivity index (χ1v) is 24.1. The Morgan fingerprint density at radius 3 is 1.94 bits per heavy atom. The van der Waals surface area contributed by atoms with Gasteiger partial charge in [-0.15, -0.1) is 0 Å². The van der Waals surface area contributed by atoms with E-state index in [2.05, 4.69) is 202 Å². The predicted molar refractivity (Wildman–Crippen MR) is 277 cm³/mol. The molecule has 4 heteroatoms. The topological polar surface area (TPSA) is 32.2 Å². The van der Waals surface area contributed by atoms with Gasteiger partial charge in [0, 0.05) is 66.2 Å². The predicted octanol–water partition coefficient (Wildman–Crippen LogP) is 15.9. The lowest BCUT2D eigenvalue weighted by Crippen LogP contribution is -2.38. The summed E-state index contributed by atoms with van der Waals surface area (Å²) in [6, 6.07) is 44.0. The molecule has 321 valence electrons. The SMILES string of the molecule is CC1(C)CCC(C)(C)c2cc(N3C4=C([B]c5c3cc3c(oc6ccccc63)c5-c3cccc5c3[nH]c3ccc6ccccc6c35)C(C)(C)c3cc5c(cc34)C(C)(C)CCC5(C)C)ccc21. The molecule has 65 heavy (non-hydrogen) atoms. The maximum Gasteiger partial charge on any atom is 0.193 e. The van der Waals surface area contributed by atoms with Gasteiger partial charge < -0.3 is 14.3 Å². The molecule has 9 aromatic rings. The molecule has 0 atom stereocenters. The van der Waals surface area contributed by atoms with Crippen molar-refractivity contribution in [1.82, 2.24) is 4.98 Å². The Balaban J connectivity index is 1.16. The molecule has 0 saturated heterocycles. The normalized spacial score (nSPS) is 19.6. The molecule has 0 spiro atoms. The highest BCUT2D eigenvalue weighted by atomic mass is 16.3. The van der Waals surface area contributed by atoms with Gasteiger partial charge in [-0.25, -0.2) is 0 Å². The Bertz CT molecular complexity index is 3620. The number of furan rings is 1. The van der Waals surface area contributed by atoms with E-state index in [1.807, 2.05) is 0 Å². The third-order valence-corrected chi connectivity index (χ3v) is 17.2. The summed E-state index contributed by atoms with van der Waals surface area (Å²) in [6.07, 6.45) is 4.72. The molecule has 3 heterocycles. The van der Waals surface area contributed by atoms with Crippen molar-refractivity contribution >= 4 is 84.3 Å². The Kier molecular flexibility index (Phi) is 7.67. The fourth-order valence-electron chi connectivity index (χ4n) is 13.0. The van der Waals surface area contributed by atoms with Crippen LogP contribution in [-0.4, -0.2) is 12.3 Å². The monoisotopic (exact) mass is 845 g/mol. The molecule has 1 radical (unpaired) electrons. The van der Waals surface area contributed by atoms with Gasteiger partial charge in [-0.1, -0.05) is 154 Å². The number of aromatic amines is 1. The fraction of sp³-hybridized carbons (Fsp3) is 0.311. The lowest BCUT2D eigenvalue weighted by Gasteiger charge is -2.43. The van der Waals surface area contributed by atoms with Crippen molar-refractivity contribution in [3.63, 3.8) is 0 Å². The zero-order chi connectivity index (χ0) is 44.7. The maximum absolute atomic E-state index is 7.13. The summed E-state index contributed by atoms with van der Waals surface area (Å²) in [5.74, 6) is 0. The van der Waals surface area contributed by atoms with Crippen LogP contribution in [0.2, 0.25) is 0 Å². The third kappa shape index (κ3) is 5.26. The minimum atomic E-state index is -0.269. The van der Waals surface area contributed by atoms with Crippen molar-refractivity contribution in [1.29, 1.82) is 0 Å². The van der Waals surface area contributed by atoms with E-state index in [0.717, 1.165) is 50.5 Å². The summed E-state index contributed by atoms with van der Waals surface area (Å²) in [5.41, 5.74) is 21.6. The van der Waals surface area contributed by atoms with Gasteiger partial charge in [0.15, 0.2) is 7.28 Å². The van der Waals surface area contributed by atoms with Crippen LogP contribution >= 0.6 is 0 Å². The van der Waals surface area contributed by atoms with Gasteiger partial charge in [0.05, 0.1) is 5.52 Å². The highest BCUT2D eigenvalue weighted by Crippen LogP contribution is 2.58. The van der Waals surface area contributed by atoms with Crippen molar-refractivity contribution in [2.45, 2.75) is 122 Å². The fourth-order valence-corrected chi connectivity index (χ4v) is 13.0. The Labute approximate surface area is 384 Å². The van der Waals surface area contributed by atoms with Crippen molar-refractivity contribution in [3.8, 4) is 11.1 Å². The van der Waals surface area contributed by atoms with E-state index in [1.54, 1.807) is 0 Å². The highest BCUT2D eigenvalue weighted by Gasteiger charge is 2.48. The van der Waals surface area contributed by atoms with E-state index in [-0.39, 0.29) is 27.1 Å². The van der Waals surface area contributed by atoms with Gasteiger partial charge in [-0.05, 0) is 128 Å². The molecule has 3 aliphatic carbocycles. The van der Waals surface area contributed by atoms with Crippen LogP contribution in [0.1, 0.15) is 128 Å². The molecule has 0 amide bonds. The number of hydrogen-bond donors (Lipinski definition) is 1. The average molecular weight is 846 g/mol. The van der Waals surface area contributed by atoms with E-state index in [1.165, 1.54) is 102 Å². The van der Waals surface area contributed by atoms with E-state index in [9.17, 15) is 0 Å². The molecule has 4 aliphatic rings. The third-order valence-electron chi connectivity index (χ3n) is 17.2. The maximum atomic E-state index is 7.13. The standard InChI is InChI=1S/C61H58BN2O/c1-57(2)26-27-58(3,4)44-30-35(23-24-42(44)57)64-48-32-40-37-18-13-14-21-49(37)65-55(40)51(39-20-15-19-38-50-36-17-12-11-16-34(36)22-25-47(50)63-53(38)39)52(48)62-56-54(64)41-31-45-46(33-43(41)61(56,9)10)60(7,8)29-28-59(45,5)6/h11-25,30-33,63H,26-29H2,1-10H3. The van der Waals surface area contributed by atoms with Crippen LogP contribution in [0, 0.1) is 0 Å². The smallest absolute Gasteiger partial charge is 0.193 e. The molecule has 0 fully saturated rings. The first kappa shape index (κ1) is 39.4. The van der Waals surface area contributed by atoms with Crippen LogP contribution in [0.25, 0.3) is 71.3 Å². The van der Waals surface area contributed by atoms with Crippen LogP contribution in [-0.2, 0) is 27.1 Å². The molecule has 0 unspecified atom stereocenters. The molecule has 13 rings (SSSR count). The van der Waals surface area contributed by atoms with Crippen LogP contribution in [0.5, 0.6) is 0 Å². The summed E-state index contributed by atoms with van der Waals surface area (Å²) >= 11 is 0. The second-order valence-corrected chi connectivity index (χ2v) is 23.3. The molecule has 0 saturated carbocycles. The molecule has 0 bridgehead atoms. The molecule has 2 aromatic heterocycles. The second kappa shape index (κ2) is 12.7. The molecular formula is C61H58BN2O. The average Bonchev–Trinajstić information content (AvgIpc) is 3.93. The summed E-state index contributed by atoms with van der Waals surface area (Å²) in [5, 5.41) is 7.29. The van der Waals surface area contributed by atoms with E-state index < -0.39 is 0 Å². The minimum Gasteiger partial charge on any atom is -0.455 e. The number of nitrogens with one attached hydrogen (secondary N) is 1. The molecule has 1 aliphatic heterocycles. The lowest BCUT2D eigenvalue weighted by atomic mass is 9.52. The number of para-hydroxylation sites is 2. The highest BCUT2D eigenvalue weighted by molar-refractivity contribution is 6.69. The number of benzene rings is 7. The number of hydrogen-bond acceptors (Lipinski definition) is 2. The first-order chi connectivity index (χ1) is 30.9. The number of nitrogens with zero attached hydrogens (tertiary/aromatic N) is 1. The summed E-state index contributed by atoms with van der Waals surface area (Å²) in [4.78, 5) is 6.67. The van der Waals surface area contributed by atoms with E-state index >= 15 is 0 Å². The van der Waals surface area contributed by atoms with Crippen LogP contribution in [0.15, 0.2) is 125 Å². The lowest BCUT2D eigenvalue weighted by molar-refractivity contribution is 0.331.